The maximum absolute atomic E-state index is 12.6. The summed E-state index contributed by atoms with van der Waals surface area (Å²) in [5.74, 6) is 0.563. The van der Waals surface area contributed by atoms with Gasteiger partial charge in [0.05, 0.1) is 18.6 Å². The molecule has 4 nitrogen and oxygen atoms in total. The Morgan fingerprint density at radius 3 is 2.43 bits per heavy atom. The van der Waals surface area contributed by atoms with Gasteiger partial charge in [0, 0.05) is 13.6 Å². The molecule has 1 N–H and O–H groups in total. The molecule has 2 aromatic rings. The van der Waals surface area contributed by atoms with Crippen LogP contribution in [0.4, 0.5) is 0 Å². The molecule has 0 saturated heterocycles. The second-order valence-electron chi connectivity index (χ2n) is 6.70. The summed E-state index contributed by atoms with van der Waals surface area (Å²) in [5.41, 5.74) is 0.0691. The molecule has 0 saturated carbocycles. The molecule has 0 fully saturated rings. The lowest BCUT2D eigenvalue weighted by Gasteiger charge is -2.28. The minimum atomic E-state index is -0.899. The van der Waals surface area contributed by atoms with Crippen molar-refractivity contribution in [2.24, 2.45) is 0 Å². The first-order valence-corrected chi connectivity index (χ1v) is 7.76. The third-order valence-electron chi connectivity index (χ3n) is 3.94. The molecule has 0 aliphatic rings. The molecule has 0 aliphatic carbocycles. The van der Waals surface area contributed by atoms with Crippen molar-refractivity contribution in [1.29, 1.82) is 0 Å². The van der Waals surface area contributed by atoms with Crippen molar-refractivity contribution >= 4 is 16.7 Å². The van der Waals surface area contributed by atoms with E-state index in [0.29, 0.717) is 6.54 Å². The summed E-state index contributed by atoms with van der Waals surface area (Å²) in [5, 5.41) is 12.0. The van der Waals surface area contributed by atoms with Gasteiger partial charge in [-0.05, 0) is 49.2 Å². The van der Waals surface area contributed by atoms with E-state index >= 15 is 0 Å². The summed E-state index contributed by atoms with van der Waals surface area (Å²) < 4.78 is 5.23. The number of likely N-dealkylation sites (N-methyl/N-ethyl adjacent to an activating group) is 1. The fourth-order valence-corrected chi connectivity index (χ4v) is 2.77. The first-order chi connectivity index (χ1) is 10.7. The molecule has 4 heteroatoms. The number of fused-ring (bicyclic) bond motifs is 1. The molecule has 2 rings (SSSR count). The van der Waals surface area contributed by atoms with Gasteiger partial charge in [0.25, 0.3) is 0 Å². The molecule has 0 spiro atoms. The number of ether oxygens (including phenoxy) is 1. The van der Waals surface area contributed by atoms with E-state index in [4.69, 9.17) is 4.74 Å². The highest BCUT2D eigenvalue weighted by atomic mass is 16.5. The van der Waals surface area contributed by atoms with Gasteiger partial charge in [-0.25, -0.2) is 0 Å². The molecule has 0 unspecified atom stereocenters. The number of carbonyl (C=O) groups is 1. The van der Waals surface area contributed by atoms with E-state index in [1.54, 1.807) is 32.9 Å². The number of benzene rings is 2. The molecular weight excluding hydrogens is 290 g/mol. The molecule has 0 radical (unpaired) electrons. The van der Waals surface area contributed by atoms with Crippen molar-refractivity contribution in [3.63, 3.8) is 0 Å². The molecule has 1 atom stereocenters. The Balaban J connectivity index is 2.23. The highest BCUT2D eigenvalue weighted by molar-refractivity contribution is 5.88. The molecule has 124 valence electrons. The summed E-state index contributed by atoms with van der Waals surface area (Å²) in [6, 6.07) is 11.9. The van der Waals surface area contributed by atoms with Gasteiger partial charge in [0.15, 0.2) is 0 Å². The Morgan fingerprint density at radius 1 is 1.22 bits per heavy atom. The van der Waals surface area contributed by atoms with Crippen molar-refractivity contribution in [2.75, 3.05) is 20.7 Å². The van der Waals surface area contributed by atoms with E-state index in [1.165, 1.54) is 0 Å². The molecule has 23 heavy (non-hydrogen) atoms. The molecule has 0 aromatic heterocycles. The van der Waals surface area contributed by atoms with Crippen LogP contribution < -0.4 is 4.74 Å². The number of amides is 1. The van der Waals surface area contributed by atoms with E-state index in [-0.39, 0.29) is 11.8 Å². The first-order valence-electron chi connectivity index (χ1n) is 7.76. The Hall–Kier alpha value is -2.07. The average Bonchev–Trinajstić information content (AvgIpc) is 2.50. The lowest BCUT2D eigenvalue weighted by Crippen LogP contribution is -2.41. The maximum atomic E-state index is 12.6. The van der Waals surface area contributed by atoms with Gasteiger partial charge in [-0.1, -0.05) is 24.3 Å². The Kier molecular flexibility index (Phi) is 4.95. The Labute approximate surface area is 137 Å². The van der Waals surface area contributed by atoms with Crippen LogP contribution in [0.3, 0.4) is 0 Å². The van der Waals surface area contributed by atoms with Crippen LogP contribution in [0.2, 0.25) is 0 Å². The zero-order valence-electron chi connectivity index (χ0n) is 14.5. The van der Waals surface area contributed by atoms with E-state index in [0.717, 1.165) is 22.1 Å². The SMILES string of the molecule is COc1ccc2cc([C@H](C)C(=O)N(C)CC(C)(C)O)ccc2c1. The molecule has 2 aromatic carbocycles. The van der Waals surface area contributed by atoms with Crippen molar-refractivity contribution in [1.82, 2.24) is 4.90 Å². The van der Waals surface area contributed by atoms with Crippen LogP contribution in [0.15, 0.2) is 36.4 Å². The van der Waals surface area contributed by atoms with Gasteiger partial charge in [0.1, 0.15) is 5.75 Å². The maximum Gasteiger partial charge on any atom is 0.229 e. The van der Waals surface area contributed by atoms with Crippen LogP contribution in [-0.2, 0) is 4.79 Å². The van der Waals surface area contributed by atoms with Crippen LogP contribution in [0, 0.1) is 0 Å². The standard InChI is InChI=1S/C19H25NO3/c1-13(18(21)20(4)12-19(2,3)22)14-6-7-16-11-17(23-5)9-8-15(16)10-14/h6-11,13,22H,12H2,1-5H3/t13-/m0/s1. The number of hydrogen-bond acceptors (Lipinski definition) is 3. The van der Waals surface area contributed by atoms with Crippen LogP contribution in [0.25, 0.3) is 10.8 Å². The summed E-state index contributed by atoms with van der Waals surface area (Å²) in [7, 11) is 3.37. The summed E-state index contributed by atoms with van der Waals surface area (Å²) in [4.78, 5) is 14.1. The normalized spacial score (nSPS) is 13.0. The van der Waals surface area contributed by atoms with Crippen LogP contribution >= 0.6 is 0 Å². The number of hydrogen-bond donors (Lipinski definition) is 1. The highest BCUT2D eigenvalue weighted by Gasteiger charge is 2.24. The van der Waals surface area contributed by atoms with Crippen molar-refractivity contribution in [3.8, 4) is 5.75 Å². The molecule has 0 bridgehead atoms. The first kappa shape index (κ1) is 17.3. The third-order valence-corrected chi connectivity index (χ3v) is 3.94. The summed E-state index contributed by atoms with van der Waals surface area (Å²) in [6.45, 7) is 5.60. The third kappa shape index (κ3) is 4.23. The van der Waals surface area contributed by atoms with Crippen molar-refractivity contribution < 1.29 is 14.6 Å². The zero-order valence-corrected chi connectivity index (χ0v) is 14.5. The number of rotatable bonds is 5. The Bertz CT molecular complexity index is 703. The summed E-state index contributed by atoms with van der Waals surface area (Å²) >= 11 is 0. The minimum Gasteiger partial charge on any atom is -0.497 e. The van der Waals surface area contributed by atoms with E-state index in [9.17, 15) is 9.90 Å². The summed E-state index contributed by atoms with van der Waals surface area (Å²) in [6.07, 6.45) is 0. The fourth-order valence-electron chi connectivity index (χ4n) is 2.77. The smallest absolute Gasteiger partial charge is 0.229 e. The van der Waals surface area contributed by atoms with Crippen LogP contribution in [0.5, 0.6) is 5.75 Å². The van der Waals surface area contributed by atoms with Gasteiger partial charge in [0.2, 0.25) is 5.91 Å². The van der Waals surface area contributed by atoms with E-state index in [1.807, 2.05) is 43.3 Å². The topological polar surface area (TPSA) is 49.8 Å². The second-order valence-corrected chi connectivity index (χ2v) is 6.70. The highest BCUT2D eigenvalue weighted by Crippen LogP contribution is 2.26. The van der Waals surface area contributed by atoms with Gasteiger partial charge in [-0.2, -0.15) is 0 Å². The number of methoxy groups -OCH3 is 1. The van der Waals surface area contributed by atoms with Crippen molar-refractivity contribution in [3.05, 3.63) is 42.0 Å². The second kappa shape index (κ2) is 6.59. The van der Waals surface area contributed by atoms with Gasteiger partial charge in [-0.15, -0.1) is 0 Å². The van der Waals surface area contributed by atoms with Gasteiger partial charge in [-0.3, -0.25) is 4.79 Å². The van der Waals surface area contributed by atoms with Crippen LogP contribution in [0.1, 0.15) is 32.3 Å². The van der Waals surface area contributed by atoms with Gasteiger partial charge >= 0.3 is 0 Å². The molecule has 0 aliphatic heterocycles. The Morgan fingerprint density at radius 2 is 1.83 bits per heavy atom. The largest absolute Gasteiger partial charge is 0.497 e. The molecule has 1 amide bonds. The minimum absolute atomic E-state index is 0.0000123. The van der Waals surface area contributed by atoms with Crippen molar-refractivity contribution in [2.45, 2.75) is 32.3 Å². The van der Waals surface area contributed by atoms with E-state index in [2.05, 4.69) is 0 Å². The van der Waals surface area contributed by atoms with Gasteiger partial charge < -0.3 is 14.7 Å². The van der Waals surface area contributed by atoms with E-state index < -0.39 is 5.60 Å². The fraction of sp³-hybridized carbons (Fsp3) is 0.421. The van der Waals surface area contributed by atoms with Crippen LogP contribution in [-0.4, -0.2) is 42.2 Å². The predicted octanol–water partition coefficient (Wildman–Crippen LogP) is 3.18. The lowest BCUT2D eigenvalue weighted by atomic mass is 9.96. The lowest BCUT2D eigenvalue weighted by molar-refractivity contribution is -0.133. The number of nitrogens with zero attached hydrogens (tertiary/aromatic N) is 1. The molecule has 0 heterocycles. The molecular formula is C19H25NO3. The zero-order chi connectivity index (χ0) is 17.2. The number of carbonyl (C=O) groups excluding carboxylic acids is 1. The number of aliphatic hydroxyl groups is 1. The predicted molar refractivity (Wildman–Crippen MR) is 92.8 cm³/mol. The average molecular weight is 315 g/mol. The quantitative estimate of drug-likeness (QED) is 0.922. The monoisotopic (exact) mass is 315 g/mol.